The third kappa shape index (κ3) is 12.8. The monoisotopic (exact) mass is 620 g/mol. The van der Waals surface area contributed by atoms with Crippen LogP contribution in [0.1, 0.15) is 126 Å². The summed E-state index contributed by atoms with van der Waals surface area (Å²) in [5.74, 6) is -0.183. The van der Waals surface area contributed by atoms with Gasteiger partial charge in [0.05, 0.1) is 5.69 Å². The fraction of sp³-hybridized carbons (Fsp3) is 0.571. The Bertz CT molecular complexity index is 1260. The number of carbonyl (C=O) groups excluding carboxylic acids is 2. The second-order valence-corrected chi connectivity index (χ2v) is 12.7. The van der Waals surface area contributed by atoms with Crippen molar-refractivity contribution in [3.05, 3.63) is 59.7 Å². The normalized spacial score (nSPS) is 11.1. The van der Waals surface area contributed by atoms with Crippen LogP contribution in [0.25, 0.3) is 5.69 Å². The molecule has 0 aliphatic heterocycles. The second-order valence-electron chi connectivity index (χ2n) is 11.8. The smallest absolute Gasteiger partial charge is 0.289 e. The van der Waals surface area contributed by atoms with Crippen molar-refractivity contribution in [3.63, 3.8) is 0 Å². The molecule has 0 radical (unpaired) electrons. The van der Waals surface area contributed by atoms with Crippen molar-refractivity contribution in [2.24, 2.45) is 0 Å². The number of amides is 2. The molecular weight excluding hydrogens is 568 g/mol. The van der Waals surface area contributed by atoms with Crippen molar-refractivity contribution in [2.45, 2.75) is 122 Å². The number of aromatic nitrogens is 4. The SMILES string of the molecule is CCCCCCCCCCCCCCCCCCN(C)C(=O)Sc1nnnn1-c1cccc(NC(=O)c2ccccc2C)c1. The van der Waals surface area contributed by atoms with E-state index in [2.05, 4.69) is 27.8 Å². The lowest BCUT2D eigenvalue weighted by Gasteiger charge is -2.16. The lowest BCUT2D eigenvalue weighted by molar-refractivity contribution is 0.102. The van der Waals surface area contributed by atoms with Crippen LogP contribution in [0.2, 0.25) is 0 Å². The summed E-state index contributed by atoms with van der Waals surface area (Å²) < 4.78 is 1.52. The Labute approximate surface area is 268 Å². The third-order valence-electron chi connectivity index (χ3n) is 8.02. The van der Waals surface area contributed by atoms with Crippen LogP contribution in [0.3, 0.4) is 0 Å². The van der Waals surface area contributed by atoms with Crippen LogP contribution in [0.4, 0.5) is 10.5 Å². The average Bonchev–Trinajstić information content (AvgIpc) is 3.49. The number of hydrogen-bond acceptors (Lipinski definition) is 6. The van der Waals surface area contributed by atoms with E-state index in [0.29, 0.717) is 28.6 Å². The van der Waals surface area contributed by atoms with Crippen molar-refractivity contribution in [3.8, 4) is 5.69 Å². The Balaban J connectivity index is 1.30. The summed E-state index contributed by atoms with van der Waals surface area (Å²) in [6, 6.07) is 14.7. The van der Waals surface area contributed by atoms with Crippen molar-refractivity contribution in [1.29, 1.82) is 0 Å². The molecule has 44 heavy (non-hydrogen) atoms. The van der Waals surface area contributed by atoms with E-state index in [1.54, 1.807) is 17.0 Å². The molecule has 9 heteroatoms. The highest BCUT2D eigenvalue weighted by Gasteiger charge is 2.18. The minimum absolute atomic E-state index is 0.0916. The van der Waals surface area contributed by atoms with Crippen LogP contribution in [-0.4, -0.2) is 49.8 Å². The third-order valence-corrected chi connectivity index (χ3v) is 8.94. The number of anilines is 1. The molecule has 0 saturated carbocycles. The molecule has 3 aromatic rings. The highest BCUT2D eigenvalue weighted by Crippen LogP contribution is 2.23. The predicted octanol–water partition coefficient (Wildman–Crippen LogP) is 9.63. The number of unbranched alkanes of at least 4 members (excludes halogenated alkanes) is 15. The average molecular weight is 621 g/mol. The van der Waals surface area contributed by atoms with Gasteiger partial charge in [0.2, 0.25) is 5.16 Å². The molecule has 1 heterocycles. The summed E-state index contributed by atoms with van der Waals surface area (Å²) in [7, 11) is 1.83. The van der Waals surface area contributed by atoms with E-state index in [4.69, 9.17) is 0 Å². The summed E-state index contributed by atoms with van der Waals surface area (Å²) in [6.07, 6.45) is 21.3. The molecule has 0 bridgehead atoms. The van der Waals surface area contributed by atoms with E-state index in [1.165, 1.54) is 94.6 Å². The highest BCUT2D eigenvalue weighted by atomic mass is 32.2. The summed E-state index contributed by atoms with van der Waals surface area (Å²) >= 11 is 1.01. The summed E-state index contributed by atoms with van der Waals surface area (Å²) in [4.78, 5) is 27.4. The minimum atomic E-state index is -0.183. The maximum Gasteiger partial charge on any atom is 0.289 e. The zero-order chi connectivity index (χ0) is 31.4. The molecule has 2 amide bonds. The Hall–Kier alpha value is -3.20. The van der Waals surface area contributed by atoms with Crippen molar-refractivity contribution >= 4 is 28.6 Å². The number of hydrogen-bond donors (Lipinski definition) is 1. The fourth-order valence-electron chi connectivity index (χ4n) is 5.29. The van der Waals surface area contributed by atoms with E-state index in [9.17, 15) is 9.59 Å². The first-order valence-corrected chi connectivity index (χ1v) is 17.5. The van der Waals surface area contributed by atoms with Gasteiger partial charge in [-0.25, -0.2) is 0 Å². The molecule has 240 valence electrons. The van der Waals surface area contributed by atoms with Crippen LogP contribution in [0, 0.1) is 6.92 Å². The zero-order valence-electron chi connectivity index (χ0n) is 27.1. The van der Waals surface area contributed by atoms with Gasteiger partial charge in [-0.15, -0.1) is 5.10 Å². The standard InChI is InChI=1S/C35H52N6O2S/c1-4-5-6-7-8-9-10-11-12-13-14-15-16-17-18-21-27-40(3)35(43)44-34-37-38-39-41(34)31-25-22-24-30(28-31)36-33(42)32-26-20-19-23-29(32)2/h19-20,22-26,28H,4-18,21,27H2,1-3H3,(H,36,42). The van der Waals surface area contributed by atoms with Gasteiger partial charge in [-0.3, -0.25) is 9.59 Å². The topological polar surface area (TPSA) is 93.0 Å². The fourth-order valence-corrected chi connectivity index (χ4v) is 6.00. The number of nitrogens with zero attached hydrogens (tertiary/aromatic N) is 5. The van der Waals surface area contributed by atoms with Gasteiger partial charge in [0, 0.05) is 36.6 Å². The first kappa shape index (κ1) is 35.3. The van der Waals surface area contributed by atoms with Gasteiger partial charge < -0.3 is 10.2 Å². The maximum atomic E-state index is 12.9. The number of aryl methyl sites for hydroxylation is 1. The molecule has 0 aliphatic rings. The van der Waals surface area contributed by atoms with E-state index >= 15 is 0 Å². The van der Waals surface area contributed by atoms with Crippen LogP contribution < -0.4 is 5.32 Å². The second kappa shape index (κ2) is 20.7. The van der Waals surface area contributed by atoms with Crippen LogP contribution in [0.5, 0.6) is 0 Å². The molecular formula is C35H52N6O2S. The molecule has 1 aromatic heterocycles. The minimum Gasteiger partial charge on any atom is -0.336 e. The van der Waals surface area contributed by atoms with Crippen molar-refractivity contribution < 1.29 is 9.59 Å². The molecule has 0 fully saturated rings. The number of carbonyl (C=O) groups is 2. The van der Waals surface area contributed by atoms with Gasteiger partial charge in [-0.1, -0.05) is 128 Å². The summed E-state index contributed by atoms with van der Waals surface area (Å²) in [5, 5.41) is 15.2. The Morgan fingerprint density at radius 1 is 0.795 bits per heavy atom. The predicted molar refractivity (Wildman–Crippen MR) is 182 cm³/mol. The van der Waals surface area contributed by atoms with Gasteiger partial charge in [0.1, 0.15) is 0 Å². The number of rotatable bonds is 21. The van der Waals surface area contributed by atoms with Crippen LogP contribution >= 0.6 is 11.8 Å². The van der Waals surface area contributed by atoms with Gasteiger partial charge in [0.25, 0.3) is 11.1 Å². The number of nitrogens with one attached hydrogen (secondary N) is 1. The molecule has 0 atom stereocenters. The van der Waals surface area contributed by atoms with Gasteiger partial charge in [-0.2, -0.15) is 4.68 Å². The Kier molecular flexibility index (Phi) is 16.6. The summed E-state index contributed by atoms with van der Waals surface area (Å²) in [6.45, 7) is 4.90. The Morgan fingerprint density at radius 2 is 1.39 bits per heavy atom. The number of thioether (sulfide) groups is 1. The molecule has 0 saturated heterocycles. The quantitative estimate of drug-likeness (QED) is 0.0941. The van der Waals surface area contributed by atoms with Gasteiger partial charge in [0.15, 0.2) is 0 Å². The molecule has 0 spiro atoms. The van der Waals surface area contributed by atoms with Gasteiger partial charge in [-0.05, 0) is 53.6 Å². The molecule has 3 rings (SSSR count). The first-order valence-electron chi connectivity index (χ1n) is 16.7. The molecule has 8 nitrogen and oxygen atoms in total. The van der Waals surface area contributed by atoms with E-state index < -0.39 is 0 Å². The lowest BCUT2D eigenvalue weighted by Crippen LogP contribution is -2.24. The van der Waals surface area contributed by atoms with Crippen molar-refractivity contribution in [1.82, 2.24) is 25.1 Å². The highest BCUT2D eigenvalue weighted by molar-refractivity contribution is 8.13. The molecule has 2 aromatic carbocycles. The van der Waals surface area contributed by atoms with E-state index in [1.807, 2.05) is 50.4 Å². The van der Waals surface area contributed by atoms with Crippen LogP contribution in [-0.2, 0) is 0 Å². The number of tetrazole rings is 1. The number of benzene rings is 2. The van der Waals surface area contributed by atoms with E-state index in [-0.39, 0.29) is 11.1 Å². The van der Waals surface area contributed by atoms with E-state index in [0.717, 1.165) is 30.2 Å². The summed E-state index contributed by atoms with van der Waals surface area (Å²) in [5.41, 5.74) is 2.81. The molecule has 1 N–H and O–H groups in total. The van der Waals surface area contributed by atoms with Crippen LogP contribution in [0.15, 0.2) is 53.7 Å². The maximum absolute atomic E-state index is 12.9. The largest absolute Gasteiger partial charge is 0.336 e. The molecule has 0 aliphatic carbocycles. The lowest BCUT2D eigenvalue weighted by atomic mass is 10.0. The molecule has 0 unspecified atom stereocenters. The Morgan fingerprint density at radius 3 is 2.00 bits per heavy atom. The van der Waals surface area contributed by atoms with Gasteiger partial charge >= 0.3 is 0 Å². The zero-order valence-corrected chi connectivity index (χ0v) is 27.9. The first-order chi connectivity index (χ1) is 21.5. The van der Waals surface area contributed by atoms with Crippen molar-refractivity contribution in [2.75, 3.05) is 18.9 Å².